The summed E-state index contributed by atoms with van der Waals surface area (Å²) < 4.78 is 41.7. The Morgan fingerprint density at radius 3 is 2.46 bits per heavy atom. The summed E-state index contributed by atoms with van der Waals surface area (Å²) in [4.78, 5) is 4.26. The van der Waals surface area contributed by atoms with Gasteiger partial charge in [0.2, 0.25) is 0 Å². The fraction of sp³-hybridized carbons (Fsp3) is 0.312. The van der Waals surface area contributed by atoms with E-state index in [4.69, 9.17) is 4.74 Å². The number of thioether (sulfide) groups is 1. The largest absolute Gasteiger partial charge is 0.484 e. The maximum absolute atomic E-state index is 12.3. The first-order valence-corrected chi connectivity index (χ1v) is 8.35. The van der Waals surface area contributed by atoms with Gasteiger partial charge in [-0.2, -0.15) is 13.2 Å². The number of nitrogens with one attached hydrogen (secondary N) is 2. The molecule has 0 spiro atoms. The SMILES string of the molecule is Cc1c(OCC(F)(F)F)ccnc1CSC1Nc2ccccc2N1. The summed E-state index contributed by atoms with van der Waals surface area (Å²) in [7, 11) is 0. The molecule has 128 valence electrons. The number of halogens is 3. The number of para-hydroxylation sites is 2. The van der Waals surface area contributed by atoms with Crippen molar-refractivity contribution in [2.45, 2.75) is 24.4 Å². The highest BCUT2D eigenvalue weighted by molar-refractivity contribution is 7.99. The second-order valence-electron chi connectivity index (χ2n) is 5.31. The number of aromatic nitrogens is 1. The lowest BCUT2D eigenvalue weighted by molar-refractivity contribution is -0.153. The van der Waals surface area contributed by atoms with Crippen LogP contribution in [0.2, 0.25) is 0 Å². The highest BCUT2D eigenvalue weighted by atomic mass is 32.2. The Hall–Kier alpha value is -2.09. The van der Waals surface area contributed by atoms with Crippen molar-refractivity contribution in [3.63, 3.8) is 0 Å². The van der Waals surface area contributed by atoms with Gasteiger partial charge < -0.3 is 15.4 Å². The van der Waals surface area contributed by atoms with Gasteiger partial charge in [0.05, 0.1) is 17.1 Å². The molecule has 0 aliphatic carbocycles. The van der Waals surface area contributed by atoms with Crippen LogP contribution in [0.25, 0.3) is 0 Å². The molecule has 24 heavy (non-hydrogen) atoms. The van der Waals surface area contributed by atoms with Crippen LogP contribution in [0.5, 0.6) is 5.75 Å². The van der Waals surface area contributed by atoms with E-state index in [0.29, 0.717) is 17.0 Å². The Morgan fingerprint density at radius 2 is 1.83 bits per heavy atom. The standard InChI is InChI=1S/C16H16F3N3OS/c1-10-13(20-7-6-14(10)23-9-16(17,18)19)8-24-15-21-11-4-2-3-5-12(11)22-15/h2-7,15,21-22H,8-9H2,1H3. The van der Waals surface area contributed by atoms with Gasteiger partial charge in [-0.1, -0.05) is 12.1 Å². The predicted octanol–water partition coefficient (Wildman–Crippen LogP) is 4.39. The van der Waals surface area contributed by atoms with Gasteiger partial charge in [-0.15, -0.1) is 11.8 Å². The van der Waals surface area contributed by atoms with Gasteiger partial charge in [-0.05, 0) is 25.1 Å². The molecule has 1 aromatic heterocycles. The van der Waals surface area contributed by atoms with Crippen LogP contribution in [0.4, 0.5) is 24.5 Å². The van der Waals surface area contributed by atoms with E-state index in [-0.39, 0.29) is 11.2 Å². The van der Waals surface area contributed by atoms with Crippen molar-refractivity contribution in [1.29, 1.82) is 0 Å². The number of pyridine rings is 1. The Balaban J connectivity index is 1.60. The van der Waals surface area contributed by atoms with Crippen LogP contribution in [0.3, 0.4) is 0 Å². The molecule has 4 nitrogen and oxygen atoms in total. The Bertz CT molecular complexity index is 699. The van der Waals surface area contributed by atoms with Crippen molar-refractivity contribution in [1.82, 2.24) is 4.98 Å². The predicted molar refractivity (Wildman–Crippen MR) is 89.3 cm³/mol. The number of nitrogens with zero attached hydrogens (tertiary/aromatic N) is 1. The molecule has 1 aliphatic rings. The Labute approximate surface area is 141 Å². The summed E-state index contributed by atoms with van der Waals surface area (Å²) in [5.41, 5.74) is 3.39. The smallest absolute Gasteiger partial charge is 0.422 e. The minimum absolute atomic E-state index is 0.0108. The lowest BCUT2D eigenvalue weighted by atomic mass is 10.2. The van der Waals surface area contributed by atoms with E-state index in [1.807, 2.05) is 24.3 Å². The van der Waals surface area contributed by atoms with E-state index in [9.17, 15) is 13.2 Å². The first-order valence-electron chi connectivity index (χ1n) is 7.30. The summed E-state index contributed by atoms with van der Waals surface area (Å²) in [5, 5.41) is 6.66. The highest BCUT2D eigenvalue weighted by Gasteiger charge is 2.29. The zero-order valence-corrected chi connectivity index (χ0v) is 13.7. The summed E-state index contributed by atoms with van der Waals surface area (Å²) in [6.07, 6.45) is -2.88. The summed E-state index contributed by atoms with van der Waals surface area (Å²) in [6.45, 7) is 0.421. The van der Waals surface area contributed by atoms with E-state index in [1.54, 1.807) is 18.7 Å². The summed E-state index contributed by atoms with van der Waals surface area (Å²) >= 11 is 1.58. The third-order valence-electron chi connectivity index (χ3n) is 3.54. The van der Waals surface area contributed by atoms with E-state index in [2.05, 4.69) is 15.6 Å². The molecule has 0 radical (unpaired) electrons. The topological polar surface area (TPSA) is 46.2 Å². The van der Waals surface area contributed by atoms with E-state index >= 15 is 0 Å². The van der Waals surface area contributed by atoms with Crippen LogP contribution >= 0.6 is 11.8 Å². The normalized spacial score (nSPS) is 14.0. The fourth-order valence-electron chi connectivity index (χ4n) is 2.32. The molecule has 2 aromatic rings. The minimum Gasteiger partial charge on any atom is -0.484 e. The third kappa shape index (κ3) is 4.05. The molecule has 2 heterocycles. The molecule has 0 unspecified atom stereocenters. The van der Waals surface area contributed by atoms with Crippen LogP contribution in [0.1, 0.15) is 11.3 Å². The van der Waals surface area contributed by atoms with E-state index in [0.717, 1.165) is 11.4 Å². The van der Waals surface area contributed by atoms with Crippen LogP contribution in [-0.2, 0) is 5.75 Å². The number of benzene rings is 1. The number of anilines is 2. The van der Waals surface area contributed by atoms with E-state index in [1.165, 1.54) is 12.3 Å². The zero-order chi connectivity index (χ0) is 17.2. The summed E-state index contributed by atoms with van der Waals surface area (Å²) in [5.74, 6) is 0.766. The molecule has 0 bridgehead atoms. The maximum atomic E-state index is 12.3. The number of alkyl halides is 3. The molecule has 0 saturated carbocycles. The molecular weight excluding hydrogens is 339 g/mol. The lowest BCUT2D eigenvalue weighted by Crippen LogP contribution is -2.20. The van der Waals surface area contributed by atoms with Crippen molar-refractivity contribution >= 4 is 23.1 Å². The monoisotopic (exact) mass is 355 g/mol. The van der Waals surface area contributed by atoms with Gasteiger partial charge in [0.1, 0.15) is 11.2 Å². The Morgan fingerprint density at radius 1 is 1.17 bits per heavy atom. The number of ether oxygens (including phenoxy) is 1. The van der Waals surface area contributed by atoms with Gasteiger partial charge in [0.25, 0.3) is 0 Å². The Kier molecular flexibility index (Phi) is 4.75. The molecular formula is C16H16F3N3OS. The van der Waals surface area contributed by atoms with Crippen molar-refractivity contribution in [3.05, 3.63) is 47.8 Å². The van der Waals surface area contributed by atoms with Gasteiger partial charge in [0.15, 0.2) is 6.61 Å². The third-order valence-corrected chi connectivity index (χ3v) is 4.55. The van der Waals surface area contributed by atoms with Crippen molar-refractivity contribution in [3.8, 4) is 5.75 Å². The quantitative estimate of drug-likeness (QED) is 0.833. The molecule has 0 atom stereocenters. The second-order valence-corrected chi connectivity index (χ2v) is 6.40. The highest BCUT2D eigenvalue weighted by Crippen LogP contribution is 2.34. The van der Waals surface area contributed by atoms with Gasteiger partial charge in [-0.25, -0.2) is 0 Å². The average Bonchev–Trinajstić information content (AvgIpc) is 2.95. The van der Waals surface area contributed by atoms with Gasteiger partial charge in [0, 0.05) is 17.5 Å². The minimum atomic E-state index is -4.35. The van der Waals surface area contributed by atoms with Crippen LogP contribution < -0.4 is 15.4 Å². The molecule has 1 aliphatic heterocycles. The van der Waals surface area contributed by atoms with Crippen LogP contribution in [0.15, 0.2) is 36.5 Å². The molecule has 3 rings (SSSR count). The molecule has 0 amide bonds. The molecule has 1 aromatic carbocycles. The molecule has 2 N–H and O–H groups in total. The molecule has 8 heteroatoms. The fourth-order valence-corrected chi connectivity index (χ4v) is 3.36. The number of hydrogen-bond acceptors (Lipinski definition) is 5. The first kappa shape index (κ1) is 16.8. The maximum Gasteiger partial charge on any atom is 0.422 e. The number of hydrogen-bond donors (Lipinski definition) is 2. The number of fused-ring (bicyclic) bond motifs is 1. The van der Waals surface area contributed by atoms with Crippen molar-refractivity contribution < 1.29 is 17.9 Å². The van der Waals surface area contributed by atoms with Crippen LogP contribution in [-0.4, -0.2) is 23.3 Å². The number of rotatable bonds is 5. The van der Waals surface area contributed by atoms with Crippen molar-refractivity contribution in [2.24, 2.45) is 0 Å². The molecule has 0 fully saturated rings. The summed E-state index contributed by atoms with van der Waals surface area (Å²) in [6, 6.07) is 9.33. The van der Waals surface area contributed by atoms with Crippen molar-refractivity contribution in [2.75, 3.05) is 17.2 Å². The van der Waals surface area contributed by atoms with Gasteiger partial charge >= 0.3 is 6.18 Å². The van der Waals surface area contributed by atoms with E-state index < -0.39 is 12.8 Å². The molecule has 0 saturated heterocycles. The lowest BCUT2D eigenvalue weighted by Gasteiger charge is -2.15. The van der Waals surface area contributed by atoms with Gasteiger partial charge in [-0.3, -0.25) is 4.98 Å². The zero-order valence-electron chi connectivity index (χ0n) is 12.9. The second kappa shape index (κ2) is 6.80. The van der Waals surface area contributed by atoms with Crippen LogP contribution in [0, 0.1) is 6.92 Å². The average molecular weight is 355 g/mol. The first-order chi connectivity index (χ1) is 11.4.